The van der Waals surface area contributed by atoms with Crippen molar-refractivity contribution in [2.45, 2.75) is 67.4 Å². The Bertz CT molecular complexity index is 221. The van der Waals surface area contributed by atoms with Crippen LogP contribution >= 0.6 is 0 Å². The van der Waals surface area contributed by atoms with E-state index in [-0.39, 0.29) is 22.9 Å². The minimum atomic E-state index is -0.186. The zero-order valence-electron chi connectivity index (χ0n) is 11.3. The van der Waals surface area contributed by atoms with Crippen LogP contribution in [0, 0.1) is 10.8 Å². The van der Waals surface area contributed by atoms with E-state index >= 15 is 0 Å². The fraction of sp³-hybridized carbons (Fsp3) is 0.923. The average Bonchev–Trinajstić information content (AvgIpc) is 2.15. The number of rotatable bonds is 5. The van der Waals surface area contributed by atoms with Crippen LogP contribution in [0.1, 0.15) is 61.3 Å². The molecule has 0 saturated heterocycles. The third-order valence-electron chi connectivity index (χ3n) is 4.40. The van der Waals surface area contributed by atoms with Crippen LogP contribution in [0.15, 0.2) is 0 Å². The number of hydrogen-bond acceptors (Lipinski definition) is 2. The molecule has 0 saturated carbocycles. The summed E-state index contributed by atoms with van der Waals surface area (Å²) in [7, 11) is 0. The monoisotopic (exact) mass is 214 g/mol. The van der Waals surface area contributed by atoms with Gasteiger partial charge in [-0.25, -0.2) is 0 Å². The highest BCUT2D eigenvalue weighted by molar-refractivity contribution is 5.66. The molecule has 0 spiro atoms. The van der Waals surface area contributed by atoms with E-state index < -0.39 is 0 Å². The maximum atomic E-state index is 11.0. The van der Waals surface area contributed by atoms with Crippen molar-refractivity contribution in [1.82, 2.24) is 0 Å². The lowest BCUT2D eigenvalue weighted by atomic mass is 9.61. The van der Waals surface area contributed by atoms with E-state index in [1.54, 1.807) is 0 Å². The van der Waals surface area contributed by atoms with Crippen molar-refractivity contribution in [1.29, 1.82) is 0 Å². The third kappa shape index (κ3) is 2.96. The molecular weight excluding hydrogens is 188 g/mol. The Hall–Kier alpha value is -0.530. The zero-order chi connectivity index (χ0) is 12.3. The van der Waals surface area contributed by atoms with Crippen LogP contribution in [0.25, 0.3) is 0 Å². The zero-order valence-corrected chi connectivity index (χ0v) is 11.3. The van der Waals surface area contributed by atoms with Crippen molar-refractivity contribution >= 4 is 5.97 Å². The van der Waals surface area contributed by atoms with Crippen molar-refractivity contribution in [2.24, 2.45) is 10.8 Å². The predicted molar refractivity (Wildman–Crippen MR) is 63.7 cm³/mol. The highest BCUT2D eigenvalue weighted by Crippen LogP contribution is 2.47. The fourth-order valence-corrected chi connectivity index (χ4v) is 2.10. The molecule has 15 heavy (non-hydrogen) atoms. The van der Waals surface area contributed by atoms with Crippen molar-refractivity contribution in [2.75, 3.05) is 0 Å². The number of carbonyl (C=O) groups excluding carboxylic acids is 1. The Morgan fingerprint density at radius 2 is 1.67 bits per heavy atom. The molecule has 0 amide bonds. The van der Waals surface area contributed by atoms with Gasteiger partial charge in [-0.3, -0.25) is 4.79 Å². The van der Waals surface area contributed by atoms with Gasteiger partial charge in [0.25, 0.3) is 0 Å². The van der Waals surface area contributed by atoms with Crippen LogP contribution in [0.2, 0.25) is 0 Å². The van der Waals surface area contributed by atoms with Gasteiger partial charge in [-0.05, 0) is 18.8 Å². The first-order valence-corrected chi connectivity index (χ1v) is 5.88. The summed E-state index contributed by atoms with van der Waals surface area (Å²) >= 11 is 0. The molecule has 2 unspecified atom stereocenters. The minimum Gasteiger partial charge on any atom is -0.462 e. The van der Waals surface area contributed by atoms with Gasteiger partial charge in [0.05, 0.1) is 0 Å². The van der Waals surface area contributed by atoms with E-state index in [0.717, 1.165) is 12.8 Å². The van der Waals surface area contributed by atoms with Gasteiger partial charge in [0.1, 0.15) is 6.10 Å². The molecule has 0 bridgehead atoms. The van der Waals surface area contributed by atoms with Crippen LogP contribution in [0.5, 0.6) is 0 Å². The maximum absolute atomic E-state index is 11.0. The molecule has 2 atom stereocenters. The lowest BCUT2D eigenvalue weighted by Gasteiger charge is -2.47. The van der Waals surface area contributed by atoms with Crippen LogP contribution in [0.3, 0.4) is 0 Å². The summed E-state index contributed by atoms with van der Waals surface area (Å²) in [6, 6.07) is 0. The van der Waals surface area contributed by atoms with Gasteiger partial charge in [-0.15, -0.1) is 0 Å². The Balaban J connectivity index is 4.91. The minimum absolute atomic E-state index is 0.0325. The SMILES string of the molecule is CCC(C)(C)C(C)(CC)C(C)OC(C)=O. The summed E-state index contributed by atoms with van der Waals surface area (Å²) in [6.45, 7) is 14.5. The standard InChI is InChI=1S/C13H26O2/c1-8-12(5,6)13(7,9-2)10(3)15-11(4)14/h10H,8-9H2,1-7H3. The summed E-state index contributed by atoms with van der Waals surface area (Å²) in [5, 5.41) is 0. The second kappa shape index (κ2) is 5.00. The second-order valence-corrected chi connectivity index (χ2v) is 5.26. The molecule has 0 N–H and O–H groups in total. The van der Waals surface area contributed by atoms with Gasteiger partial charge in [0, 0.05) is 12.3 Å². The maximum Gasteiger partial charge on any atom is 0.302 e. The normalized spacial score (nSPS) is 18.1. The van der Waals surface area contributed by atoms with Gasteiger partial charge >= 0.3 is 5.97 Å². The van der Waals surface area contributed by atoms with E-state index in [2.05, 4.69) is 34.6 Å². The van der Waals surface area contributed by atoms with E-state index in [0.29, 0.717) is 0 Å². The number of hydrogen-bond donors (Lipinski definition) is 0. The Morgan fingerprint density at radius 1 is 1.20 bits per heavy atom. The number of ether oxygens (including phenoxy) is 1. The van der Waals surface area contributed by atoms with Crippen LogP contribution in [-0.2, 0) is 9.53 Å². The third-order valence-corrected chi connectivity index (χ3v) is 4.40. The van der Waals surface area contributed by atoms with Crippen molar-refractivity contribution in [3.05, 3.63) is 0 Å². The van der Waals surface area contributed by atoms with Gasteiger partial charge in [0.2, 0.25) is 0 Å². The summed E-state index contributed by atoms with van der Waals surface area (Å²) < 4.78 is 5.36. The first-order chi connectivity index (χ1) is 6.71. The molecule has 0 aromatic rings. The van der Waals surface area contributed by atoms with Crippen LogP contribution in [-0.4, -0.2) is 12.1 Å². The molecule has 0 aliphatic carbocycles. The first kappa shape index (κ1) is 14.5. The topological polar surface area (TPSA) is 26.3 Å². The molecule has 0 fully saturated rings. The van der Waals surface area contributed by atoms with Crippen molar-refractivity contribution in [3.8, 4) is 0 Å². The lowest BCUT2D eigenvalue weighted by molar-refractivity contribution is -0.158. The Morgan fingerprint density at radius 3 is 1.93 bits per heavy atom. The van der Waals surface area contributed by atoms with Gasteiger partial charge in [0.15, 0.2) is 0 Å². The quantitative estimate of drug-likeness (QED) is 0.651. The van der Waals surface area contributed by atoms with Gasteiger partial charge in [-0.2, -0.15) is 0 Å². The van der Waals surface area contributed by atoms with Gasteiger partial charge < -0.3 is 4.74 Å². The molecule has 0 radical (unpaired) electrons. The largest absolute Gasteiger partial charge is 0.462 e. The molecule has 0 aromatic heterocycles. The predicted octanol–water partition coefficient (Wildman–Crippen LogP) is 3.79. The lowest BCUT2D eigenvalue weighted by Crippen LogP contribution is -2.44. The van der Waals surface area contributed by atoms with E-state index in [9.17, 15) is 4.79 Å². The molecule has 2 nitrogen and oxygen atoms in total. The highest BCUT2D eigenvalue weighted by Gasteiger charge is 2.44. The summed E-state index contributed by atoms with van der Waals surface area (Å²) in [5.41, 5.74) is 0.212. The Labute approximate surface area is 94.4 Å². The van der Waals surface area contributed by atoms with Crippen molar-refractivity contribution < 1.29 is 9.53 Å². The van der Waals surface area contributed by atoms with Crippen LogP contribution < -0.4 is 0 Å². The molecule has 2 heteroatoms. The first-order valence-electron chi connectivity index (χ1n) is 5.88. The summed E-state index contributed by atoms with van der Waals surface area (Å²) in [4.78, 5) is 11.0. The molecule has 0 aliphatic heterocycles. The Kier molecular flexibility index (Phi) is 4.82. The average molecular weight is 214 g/mol. The molecule has 0 rings (SSSR count). The second-order valence-electron chi connectivity index (χ2n) is 5.26. The summed E-state index contributed by atoms with van der Waals surface area (Å²) in [6.07, 6.45) is 2.07. The molecule has 90 valence electrons. The van der Waals surface area contributed by atoms with E-state index in [1.807, 2.05) is 6.92 Å². The molecular formula is C13H26O2. The highest BCUT2D eigenvalue weighted by atomic mass is 16.5. The van der Waals surface area contributed by atoms with Gasteiger partial charge in [-0.1, -0.05) is 41.0 Å². The number of esters is 1. The van der Waals surface area contributed by atoms with Crippen molar-refractivity contribution in [3.63, 3.8) is 0 Å². The molecule has 0 aliphatic rings. The smallest absolute Gasteiger partial charge is 0.302 e. The fourth-order valence-electron chi connectivity index (χ4n) is 2.10. The van der Waals surface area contributed by atoms with E-state index in [1.165, 1.54) is 6.92 Å². The molecule has 0 aromatic carbocycles. The summed E-state index contributed by atoms with van der Waals surface area (Å²) in [5.74, 6) is -0.186. The number of carbonyl (C=O) groups is 1. The van der Waals surface area contributed by atoms with Crippen LogP contribution in [0.4, 0.5) is 0 Å². The molecule has 0 heterocycles. The van der Waals surface area contributed by atoms with E-state index in [4.69, 9.17) is 4.74 Å².